The molecule has 0 spiro atoms. The number of fused-ring (bicyclic) bond motifs is 13. The Labute approximate surface area is 345 Å². The molecule has 14 rings (SSSR count). The second-order valence-electron chi connectivity index (χ2n) is 17.1. The fraction of sp³-hybridized carbons (Fsp3) is 0.0714. The molecule has 0 amide bonds. The van der Waals surface area contributed by atoms with Crippen LogP contribution in [0.4, 0.5) is 28.4 Å². The smallest absolute Gasteiger partial charge is 0.252 e. The van der Waals surface area contributed by atoms with Crippen LogP contribution in [0.1, 0.15) is 39.8 Å². The van der Waals surface area contributed by atoms with Crippen LogP contribution in [-0.4, -0.2) is 12.8 Å². The summed E-state index contributed by atoms with van der Waals surface area (Å²) in [5.41, 5.74) is 29.8. The molecule has 6 aliphatic rings. The first-order valence-electron chi connectivity index (χ1n) is 21.1. The zero-order chi connectivity index (χ0) is 38.3. The number of para-hydroxylation sites is 2. The molecular formula is C56H37BN2. The lowest BCUT2D eigenvalue weighted by molar-refractivity contribution is 0.833. The average Bonchev–Trinajstić information content (AvgIpc) is 3.97. The molecule has 1 unspecified atom stereocenters. The fourth-order valence-electron chi connectivity index (χ4n) is 11.6. The van der Waals surface area contributed by atoms with E-state index in [1.807, 2.05) is 0 Å². The Morgan fingerprint density at radius 1 is 0.458 bits per heavy atom. The molecule has 3 heterocycles. The molecule has 3 aliphatic heterocycles. The molecule has 0 radical (unpaired) electrons. The molecule has 3 heteroatoms. The monoisotopic (exact) mass is 748 g/mol. The van der Waals surface area contributed by atoms with Gasteiger partial charge < -0.3 is 9.80 Å². The molecule has 1 atom stereocenters. The summed E-state index contributed by atoms with van der Waals surface area (Å²) in [7, 11) is 0. The largest absolute Gasteiger partial charge is 0.334 e. The van der Waals surface area contributed by atoms with Gasteiger partial charge in [-0.3, -0.25) is 0 Å². The van der Waals surface area contributed by atoms with Crippen molar-refractivity contribution in [1.29, 1.82) is 0 Å². The molecule has 0 fully saturated rings. The average molecular weight is 749 g/mol. The molecule has 0 N–H and O–H groups in total. The highest BCUT2D eigenvalue weighted by Gasteiger charge is 2.49. The van der Waals surface area contributed by atoms with Crippen LogP contribution in [0.3, 0.4) is 0 Å². The van der Waals surface area contributed by atoms with Crippen molar-refractivity contribution in [3.05, 3.63) is 215 Å². The SMILES string of the molecule is C1=C(c2ccc3c(c2)-c2ccccc2C3)C=C2c3cc(-c4ccc5c(c4)-c4ccccc4C5)cc4c3N(c3cccc5c3B4c3ccccc3N5c3ccccc3)C2C1. The lowest BCUT2D eigenvalue weighted by Crippen LogP contribution is -2.62. The van der Waals surface area contributed by atoms with Crippen LogP contribution < -0.4 is 26.2 Å². The Morgan fingerprint density at radius 2 is 1.08 bits per heavy atom. The zero-order valence-electron chi connectivity index (χ0n) is 32.5. The molecule has 0 saturated heterocycles. The third kappa shape index (κ3) is 4.37. The van der Waals surface area contributed by atoms with Crippen molar-refractivity contribution in [3.8, 4) is 33.4 Å². The van der Waals surface area contributed by atoms with Crippen LogP contribution >= 0.6 is 0 Å². The lowest BCUT2D eigenvalue weighted by Gasteiger charge is -2.44. The van der Waals surface area contributed by atoms with Crippen LogP contribution in [0.25, 0.3) is 44.5 Å². The number of allylic oxidation sites excluding steroid dienone is 2. The topological polar surface area (TPSA) is 6.48 Å². The number of benzene rings is 8. The molecule has 3 aliphatic carbocycles. The highest BCUT2D eigenvalue weighted by atomic mass is 15.2. The summed E-state index contributed by atoms with van der Waals surface area (Å²) in [6.45, 7) is 0.0995. The van der Waals surface area contributed by atoms with E-state index in [0.717, 1.165) is 19.3 Å². The quantitative estimate of drug-likeness (QED) is 0.166. The van der Waals surface area contributed by atoms with Gasteiger partial charge in [-0.15, -0.1) is 0 Å². The summed E-state index contributed by atoms with van der Waals surface area (Å²) < 4.78 is 0. The molecule has 59 heavy (non-hydrogen) atoms. The van der Waals surface area contributed by atoms with E-state index in [0.29, 0.717) is 0 Å². The van der Waals surface area contributed by atoms with Crippen LogP contribution in [0, 0.1) is 0 Å². The van der Waals surface area contributed by atoms with Gasteiger partial charge in [-0.05, 0) is 163 Å². The van der Waals surface area contributed by atoms with E-state index in [1.165, 1.54) is 123 Å². The maximum atomic E-state index is 2.72. The maximum absolute atomic E-state index is 2.72. The van der Waals surface area contributed by atoms with Gasteiger partial charge in [0.1, 0.15) is 0 Å². The van der Waals surface area contributed by atoms with Crippen molar-refractivity contribution >= 4 is 62.7 Å². The Bertz CT molecular complexity index is 3230. The first-order chi connectivity index (χ1) is 29.2. The van der Waals surface area contributed by atoms with Crippen molar-refractivity contribution in [2.24, 2.45) is 0 Å². The van der Waals surface area contributed by atoms with Crippen LogP contribution in [0.2, 0.25) is 0 Å². The first-order valence-corrected chi connectivity index (χ1v) is 21.1. The minimum atomic E-state index is 0.0995. The van der Waals surface area contributed by atoms with Crippen molar-refractivity contribution in [1.82, 2.24) is 0 Å². The normalized spacial score (nSPS) is 16.5. The predicted octanol–water partition coefficient (Wildman–Crippen LogP) is 11.5. The Kier molecular flexibility index (Phi) is 6.35. The summed E-state index contributed by atoms with van der Waals surface area (Å²) in [6, 6.07) is 64.7. The van der Waals surface area contributed by atoms with Crippen molar-refractivity contribution in [3.63, 3.8) is 0 Å². The third-order valence-electron chi connectivity index (χ3n) is 14.2. The number of nitrogens with zero attached hydrogens (tertiary/aromatic N) is 2. The first kappa shape index (κ1) is 31.9. The summed E-state index contributed by atoms with van der Waals surface area (Å²) >= 11 is 0. The van der Waals surface area contributed by atoms with Gasteiger partial charge in [0.2, 0.25) is 0 Å². The van der Waals surface area contributed by atoms with E-state index in [4.69, 9.17) is 0 Å². The molecule has 0 saturated carbocycles. The number of hydrogen-bond acceptors (Lipinski definition) is 2. The third-order valence-corrected chi connectivity index (χ3v) is 14.2. The second kappa shape index (κ2) is 11.7. The van der Waals surface area contributed by atoms with Gasteiger partial charge in [-0.2, -0.15) is 0 Å². The van der Waals surface area contributed by atoms with Gasteiger partial charge in [0, 0.05) is 34.0 Å². The predicted molar refractivity (Wildman–Crippen MR) is 247 cm³/mol. The summed E-state index contributed by atoms with van der Waals surface area (Å²) in [4.78, 5) is 5.22. The minimum Gasteiger partial charge on any atom is -0.334 e. The van der Waals surface area contributed by atoms with Crippen molar-refractivity contribution in [2.45, 2.75) is 25.3 Å². The maximum Gasteiger partial charge on any atom is 0.252 e. The molecule has 8 aromatic carbocycles. The number of hydrogen-bond donors (Lipinski definition) is 0. The minimum absolute atomic E-state index is 0.0995. The van der Waals surface area contributed by atoms with Crippen LogP contribution in [-0.2, 0) is 12.8 Å². The van der Waals surface area contributed by atoms with E-state index >= 15 is 0 Å². The standard InChI is InChI=1S/C56H37BN2/c1-2-13-42(14-3-1)58-52-18-9-8-17-49(52)57-50-33-41(36-22-24-40-28-38-12-5-7-16-44(38)46(40)30-36)32-48-47-31-35(34-21-23-39-27-37-11-4-6-15-43(37)45(39)29-34)25-26-51(47)59(56(48)50)54-20-10-19-53(58)55(54)57/h1-25,29-33,51H,26-28H2. The van der Waals surface area contributed by atoms with E-state index in [2.05, 4.69) is 192 Å². The Hall–Kier alpha value is -7.10. The number of anilines is 5. The van der Waals surface area contributed by atoms with Crippen LogP contribution in [0.5, 0.6) is 0 Å². The van der Waals surface area contributed by atoms with E-state index in [9.17, 15) is 0 Å². The molecular weight excluding hydrogens is 711 g/mol. The van der Waals surface area contributed by atoms with E-state index in [1.54, 1.807) is 0 Å². The lowest BCUT2D eigenvalue weighted by atomic mass is 9.33. The molecule has 274 valence electrons. The number of rotatable bonds is 3. The summed E-state index contributed by atoms with van der Waals surface area (Å²) in [5, 5.41) is 0. The molecule has 2 nitrogen and oxygen atoms in total. The van der Waals surface area contributed by atoms with Crippen molar-refractivity contribution < 1.29 is 0 Å². The molecule has 0 bridgehead atoms. The molecule has 0 aromatic heterocycles. The van der Waals surface area contributed by atoms with Gasteiger partial charge >= 0.3 is 0 Å². The summed E-state index contributed by atoms with van der Waals surface area (Å²) in [6.07, 6.45) is 8.01. The fourth-order valence-corrected chi connectivity index (χ4v) is 11.6. The van der Waals surface area contributed by atoms with Gasteiger partial charge in [-0.1, -0.05) is 127 Å². The summed E-state index contributed by atoms with van der Waals surface area (Å²) in [5.74, 6) is 0. The zero-order valence-corrected chi connectivity index (χ0v) is 32.5. The van der Waals surface area contributed by atoms with Gasteiger partial charge in [-0.25, -0.2) is 0 Å². The second-order valence-corrected chi connectivity index (χ2v) is 17.1. The Morgan fingerprint density at radius 3 is 1.88 bits per heavy atom. The van der Waals surface area contributed by atoms with E-state index < -0.39 is 0 Å². The van der Waals surface area contributed by atoms with Crippen molar-refractivity contribution in [2.75, 3.05) is 9.80 Å². The van der Waals surface area contributed by atoms with Crippen LogP contribution in [0.15, 0.2) is 182 Å². The van der Waals surface area contributed by atoms with Gasteiger partial charge in [0.05, 0.1) is 6.04 Å². The molecule has 8 aromatic rings. The highest BCUT2D eigenvalue weighted by molar-refractivity contribution is 7.00. The highest BCUT2D eigenvalue weighted by Crippen LogP contribution is 2.53. The van der Waals surface area contributed by atoms with Gasteiger partial charge in [0.25, 0.3) is 6.71 Å². The van der Waals surface area contributed by atoms with E-state index in [-0.39, 0.29) is 12.8 Å². The van der Waals surface area contributed by atoms with Gasteiger partial charge in [0.15, 0.2) is 0 Å². The Balaban J connectivity index is 0.999.